The fourth-order valence-corrected chi connectivity index (χ4v) is 1.95. The predicted molar refractivity (Wildman–Crippen MR) is 67.7 cm³/mol. The van der Waals surface area contributed by atoms with E-state index in [1.54, 1.807) is 18.2 Å². The first-order valence-electron chi connectivity index (χ1n) is 5.82. The number of hydrogen-bond acceptors (Lipinski definition) is 4. The van der Waals surface area contributed by atoms with Crippen molar-refractivity contribution in [2.75, 3.05) is 0 Å². The molecule has 0 saturated carbocycles. The van der Waals surface area contributed by atoms with Crippen LogP contribution in [0.4, 0.5) is 13.2 Å². The Morgan fingerprint density at radius 2 is 1.76 bits per heavy atom. The first kappa shape index (κ1) is 13.2. The van der Waals surface area contributed by atoms with Crippen molar-refractivity contribution < 1.29 is 23.0 Å². The Morgan fingerprint density at radius 3 is 2.52 bits per heavy atom. The number of aromatic hydroxyl groups is 1. The second-order valence-corrected chi connectivity index (χ2v) is 4.25. The van der Waals surface area contributed by atoms with Crippen LogP contribution in [0.3, 0.4) is 0 Å². The predicted octanol–water partition coefficient (Wildman–Crippen LogP) is 3.23. The Morgan fingerprint density at radius 1 is 1.00 bits per heavy atom. The molecule has 0 saturated heterocycles. The van der Waals surface area contributed by atoms with Crippen LogP contribution in [0.1, 0.15) is 0 Å². The van der Waals surface area contributed by atoms with Gasteiger partial charge in [-0.3, -0.25) is 0 Å². The molecular formula is C13H8F3N3O2. The number of halogens is 3. The normalized spacial score (nSPS) is 11.8. The first-order chi connectivity index (χ1) is 9.92. The lowest BCUT2D eigenvalue weighted by Crippen LogP contribution is -2.17. The number of fused-ring (bicyclic) bond motifs is 1. The average molecular weight is 295 g/mol. The van der Waals surface area contributed by atoms with E-state index < -0.39 is 12.1 Å². The summed E-state index contributed by atoms with van der Waals surface area (Å²) in [7, 11) is 0. The summed E-state index contributed by atoms with van der Waals surface area (Å²) >= 11 is 0. The molecule has 5 nitrogen and oxygen atoms in total. The van der Waals surface area contributed by atoms with Gasteiger partial charge in [0.2, 0.25) is 0 Å². The summed E-state index contributed by atoms with van der Waals surface area (Å²) in [5, 5.41) is 20.0. The summed E-state index contributed by atoms with van der Waals surface area (Å²) in [5.74, 6) is -0.567. The van der Waals surface area contributed by atoms with Gasteiger partial charge in [0, 0.05) is 5.56 Å². The molecule has 0 atom stereocenters. The molecule has 3 rings (SSSR count). The molecule has 3 aromatic rings. The number of nitrogens with one attached hydrogen (secondary N) is 1. The highest BCUT2D eigenvalue weighted by Crippen LogP contribution is 2.35. The number of aromatic nitrogens is 3. The van der Waals surface area contributed by atoms with Crippen molar-refractivity contribution in [3.8, 4) is 22.6 Å². The molecule has 0 spiro atoms. The van der Waals surface area contributed by atoms with E-state index in [-0.39, 0.29) is 11.3 Å². The van der Waals surface area contributed by atoms with Gasteiger partial charge in [-0.05, 0) is 35.9 Å². The topological polar surface area (TPSA) is 71.0 Å². The highest BCUT2D eigenvalue weighted by molar-refractivity contribution is 5.83. The first-order valence-corrected chi connectivity index (χ1v) is 5.82. The molecule has 21 heavy (non-hydrogen) atoms. The Hall–Kier alpha value is -2.77. The van der Waals surface area contributed by atoms with Crippen LogP contribution >= 0.6 is 0 Å². The Balaban J connectivity index is 2.05. The lowest BCUT2D eigenvalue weighted by molar-refractivity contribution is -0.274. The van der Waals surface area contributed by atoms with Crippen molar-refractivity contribution in [1.29, 1.82) is 0 Å². The van der Waals surface area contributed by atoms with Crippen LogP contribution in [0.2, 0.25) is 0 Å². The number of phenolic OH excluding ortho intramolecular Hbond substituents is 1. The van der Waals surface area contributed by atoms with Gasteiger partial charge in [0.1, 0.15) is 22.5 Å². The van der Waals surface area contributed by atoms with Crippen LogP contribution in [-0.4, -0.2) is 26.9 Å². The van der Waals surface area contributed by atoms with Gasteiger partial charge >= 0.3 is 6.36 Å². The van der Waals surface area contributed by atoms with E-state index >= 15 is 0 Å². The molecule has 2 aromatic carbocycles. The maximum absolute atomic E-state index is 12.2. The quantitative estimate of drug-likeness (QED) is 0.761. The standard InChI is InChI=1S/C13H8F3N3O2/c14-13(15,16)21-8-2-4-12(20)9(6-8)7-1-3-10-11(5-7)18-19-17-10/h1-6,20H,(H,17,18,19). The van der Waals surface area contributed by atoms with Crippen molar-refractivity contribution in [3.05, 3.63) is 36.4 Å². The monoisotopic (exact) mass is 295 g/mol. The number of rotatable bonds is 2. The van der Waals surface area contributed by atoms with Crippen molar-refractivity contribution in [1.82, 2.24) is 15.4 Å². The minimum Gasteiger partial charge on any atom is -0.507 e. The summed E-state index contributed by atoms with van der Waals surface area (Å²) in [5.41, 5.74) is 1.86. The molecule has 1 aromatic heterocycles. The summed E-state index contributed by atoms with van der Waals surface area (Å²) in [6, 6.07) is 8.17. The number of phenols is 1. The number of alkyl halides is 3. The molecule has 0 unspecified atom stereocenters. The third-order valence-corrected chi connectivity index (χ3v) is 2.83. The zero-order valence-electron chi connectivity index (χ0n) is 10.3. The van der Waals surface area contributed by atoms with E-state index in [2.05, 4.69) is 20.1 Å². The number of nitrogens with zero attached hydrogens (tertiary/aromatic N) is 2. The molecule has 0 bridgehead atoms. The molecule has 8 heteroatoms. The molecule has 1 heterocycles. The van der Waals surface area contributed by atoms with Crippen LogP contribution in [0.5, 0.6) is 11.5 Å². The lowest BCUT2D eigenvalue weighted by atomic mass is 10.0. The van der Waals surface area contributed by atoms with Crippen LogP contribution < -0.4 is 4.74 Å². The molecule has 0 radical (unpaired) electrons. The van der Waals surface area contributed by atoms with Crippen molar-refractivity contribution in [3.63, 3.8) is 0 Å². The highest BCUT2D eigenvalue weighted by Gasteiger charge is 2.31. The maximum Gasteiger partial charge on any atom is 0.573 e. The maximum atomic E-state index is 12.2. The van der Waals surface area contributed by atoms with Crippen LogP contribution in [0.25, 0.3) is 22.2 Å². The minimum atomic E-state index is -4.79. The van der Waals surface area contributed by atoms with E-state index in [0.717, 1.165) is 18.2 Å². The Bertz CT molecular complexity index is 799. The lowest BCUT2D eigenvalue weighted by Gasteiger charge is -2.11. The van der Waals surface area contributed by atoms with Gasteiger partial charge in [-0.1, -0.05) is 6.07 Å². The zero-order valence-corrected chi connectivity index (χ0v) is 10.3. The van der Waals surface area contributed by atoms with Gasteiger partial charge in [-0.15, -0.1) is 13.2 Å². The number of hydrogen-bond donors (Lipinski definition) is 2. The van der Waals surface area contributed by atoms with Gasteiger partial charge in [0.15, 0.2) is 0 Å². The van der Waals surface area contributed by atoms with E-state index in [1.165, 1.54) is 0 Å². The van der Waals surface area contributed by atoms with E-state index in [1.807, 2.05) is 0 Å². The zero-order chi connectivity index (χ0) is 15.0. The van der Waals surface area contributed by atoms with Gasteiger partial charge < -0.3 is 9.84 Å². The molecule has 108 valence electrons. The van der Waals surface area contributed by atoms with Gasteiger partial charge in [0.05, 0.1) is 0 Å². The van der Waals surface area contributed by atoms with E-state index in [9.17, 15) is 18.3 Å². The summed E-state index contributed by atoms with van der Waals surface area (Å²) in [6.07, 6.45) is -4.79. The third-order valence-electron chi connectivity index (χ3n) is 2.83. The van der Waals surface area contributed by atoms with E-state index in [4.69, 9.17) is 0 Å². The van der Waals surface area contributed by atoms with Crippen molar-refractivity contribution in [2.24, 2.45) is 0 Å². The molecule has 0 amide bonds. The molecule has 2 N–H and O–H groups in total. The van der Waals surface area contributed by atoms with Gasteiger partial charge in [0.25, 0.3) is 0 Å². The van der Waals surface area contributed by atoms with Gasteiger partial charge in [-0.2, -0.15) is 15.4 Å². The fourth-order valence-electron chi connectivity index (χ4n) is 1.95. The average Bonchev–Trinajstić information content (AvgIpc) is 2.86. The van der Waals surface area contributed by atoms with Crippen LogP contribution in [0, 0.1) is 0 Å². The summed E-state index contributed by atoms with van der Waals surface area (Å²) in [6.45, 7) is 0. The third kappa shape index (κ3) is 2.73. The highest BCUT2D eigenvalue weighted by atomic mass is 19.4. The molecular weight excluding hydrogens is 287 g/mol. The molecule has 0 aliphatic heterocycles. The second-order valence-electron chi connectivity index (χ2n) is 4.25. The molecule has 0 aliphatic rings. The number of aromatic amines is 1. The van der Waals surface area contributed by atoms with Gasteiger partial charge in [-0.25, -0.2) is 0 Å². The largest absolute Gasteiger partial charge is 0.573 e. The minimum absolute atomic E-state index is 0.160. The Kier molecular flexibility index (Phi) is 2.93. The summed E-state index contributed by atoms with van der Waals surface area (Å²) < 4.78 is 40.6. The van der Waals surface area contributed by atoms with Crippen molar-refractivity contribution >= 4 is 11.0 Å². The van der Waals surface area contributed by atoms with E-state index in [0.29, 0.717) is 16.6 Å². The smallest absolute Gasteiger partial charge is 0.507 e. The second kappa shape index (κ2) is 4.65. The SMILES string of the molecule is Oc1ccc(OC(F)(F)F)cc1-c1ccc2n[nH]nc2c1. The molecule has 0 aliphatic carbocycles. The number of benzene rings is 2. The number of H-pyrrole nitrogens is 1. The molecule has 0 fully saturated rings. The van der Waals surface area contributed by atoms with Crippen LogP contribution in [-0.2, 0) is 0 Å². The van der Waals surface area contributed by atoms with Crippen molar-refractivity contribution in [2.45, 2.75) is 6.36 Å². The fraction of sp³-hybridized carbons (Fsp3) is 0.0769. The summed E-state index contributed by atoms with van der Waals surface area (Å²) in [4.78, 5) is 0. The van der Waals surface area contributed by atoms with Crippen LogP contribution in [0.15, 0.2) is 36.4 Å². The Labute approximate surface area is 116 Å². The number of ether oxygens (including phenoxy) is 1.